The summed E-state index contributed by atoms with van der Waals surface area (Å²) in [5, 5.41) is 0. The highest BCUT2D eigenvalue weighted by molar-refractivity contribution is 5.25. The third kappa shape index (κ3) is 3.89. The van der Waals surface area contributed by atoms with Crippen LogP contribution in [0.4, 0.5) is 0 Å². The van der Waals surface area contributed by atoms with Gasteiger partial charge in [0.25, 0.3) is 0 Å². The molecule has 29 heavy (non-hydrogen) atoms. The van der Waals surface area contributed by atoms with Crippen LogP contribution < -0.4 is 0 Å². The molecule has 3 saturated carbocycles. The van der Waals surface area contributed by atoms with Crippen LogP contribution in [0.5, 0.6) is 0 Å². The average Bonchev–Trinajstić information content (AvgIpc) is 3.00. The molecule has 0 saturated heterocycles. The molecule has 0 amide bonds. The van der Waals surface area contributed by atoms with E-state index < -0.39 is 0 Å². The van der Waals surface area contributed by atoms with Crippen molar-refractivity contribution in [3.8, 4) is 0 Å². The molecular weight excluding hydrogens is 348 g/mol. The van der Waals surface area contributed by atoms with E-state index >= 15 is 0 Å². The van der Waals surface area contributed by atoms with E-state index in [1.165, 1.54) is 70.6 Å². The summed E-state index contributed by atoms with van der Waals surface area (Å²) >= 11 is 0. The van der Waals surface area contributed by atoms with Crippen molar-refractivity contribution in [2.75, 3.05) is 0 Å². The minimum Gasteiger partial charge on any atom is -0.0845 e. The highest BCUT2D eigenvalue weighted by Crippen LogP contribution is 2.67. The largest absolute Gasteiger partial charge is 0.0845 e. The normalized spacial score (nSPS) is 44.4. The highest BCUT2D eigenvalue weighted by Gasteiger charge is 2.58. The molecule has 0 spiro atoms. The Bertz CT molecular complexity index is 597. The van der Waals surface area contributed by atoms with Crippen LogP contribution in [-0.4, -0.2) is 0 Å². The van der Waals surface area contributed by atoms with E-state index in [4.69, 9.17) is 0 Å². The number of allylic oxidation sites excluding steroid dienone is 2. The van der Waals surface area contributed by atoms with Gasteiger partial charge in [0.1, 0.15) is 0 Å². The zero-order chi connectivity index (χ0) is 20.8. The number of hydrogen-bond acceptors (Lipinski definition) is 0. The van der Waals surface area contributed by atoms with Crippen LogP contribution >= 0.6 is 0 Å². The summed E-state index contributed by atoms with van der Waals surface area (Å²) in [5.41, 5.74) is 3.09. The van der Waals surface area contributed by atoms with Crippen molar-refractivity contribution < 1.29 is 0 Å². The van der Waals surface area contributed by atoms with E-state index in [9.17, 15) is 0 Å². The molecular formula is C29H50. The van der Waals surface area contributed by atoms with Gasteiger partial charge in [-0.2, -0.15) is 0 Å². The molecule has 0 N–H and O–H groups in total. The Kier molecular flexibility index (Phi) is 6.32. The first-order valence-electron chi connectivity index (χ1n) is 13.4. The van der Waals surface area contributed by atoms with Crippen molar-refractivity contribution in [3.63, 3.8) is 0 Å². The predicted molar refractivity (Wildman–Crippen MR) is 127 cm³/mol. The highest BCUT2D eigenvalue weighted by atomic mass is 14.6. The standard InChI is InChI=1S/C29H50/c1-20(2)9-7-8-10-23-12-14-26-25-13-11-24-19-22(21(3)4)15-17-29(24,6)27(25)16-18-28(23,26)5/h11,20-23,25-27H,7-10,12-19H2,1-6H3. The predicted octanol–water partition coefficient (Wildman–Crippen LogP) is 9.05. The van der Waals surface area contributed by atoms with Gasteiger partial charge in [0.2, 0.25) is 0 Å². The zero-order valence-electron chi connectivity index (χ0n) is 20.6. The first kappa shape index (κ1) is 22.0. The van der Waals surface area contributed by atoms with Gasteiger partial charge >= 0.3 is 0 Å². The van der Waals surface area contributed by atoms with Crippen LogP contribution in [0.25, 0.3) is 0 Å². The van der Waals surface area contributed by atoms with Crippen LogP contribution in [-0.2, 0) is 0 Å². The Morgan fingerprint density at radius 3 is 2.45 bits per heavy atom. The smallest absolute Gasteiger partial charge is 0.00851 e. The Morgan fingerprint density at radius 2 is 1.72 bits per heavy atom. The van der Waals surface area contributed by atoms with E-state index in [1.54, 1.807) is 6.42 Å². The Morgan fingerprint density at radius 1 is 0.931 bits per heavy atom. The number of hydrogen-bond donors (Lipinski definition) is 0. The lowest BCUT2D eigenvalue weighted by atomic mass is 9.46. The van der Waals surface area contributed by atoms with E-state index in [1.807, 2.05) is 5.57 Å². The number of fused-ring (bicyclic) bond motifs is 5. The van der Waals surface area contributed by atoms with Gasteiger partial charge in [0.15, 0.2) is 0 Å². The topological polar surface area (TPSA) is 0 Å². The molecule has 166 valence electrons. The molecule has 4 rings (SSSR count). The summed E-state index contributed by atoms with van der Waals surface area (Å²) in [5.74, 6) is 6.73. The van der Waals surface area contributed by atoms with E-state index in [2.05, 4.69) is 47.6 Å². The molecule has 0 bridgehead atoms. The van der Waals surface area contributed by atoms with Gasteiger partial charge in [0.05, 0.1) is 0 Å². The van der Waals surface area contributed by atoms with Gasteiger partial charge in [-0.05, 0) is 110 Å². The van der Waals surface area contributed by atoms with Crippen LogP contribution in [0, 0.1) is 52.3 Å². The van der Waals surface area contributed by atoms with Crippen LogP contribution in [0.15, 0.2) is 11.6 Å². The van der Waals surface area contributed by atoms with Crippen LogP contribution in [0.3, 0.4) is 0 Å². The van der Waals surface area contributed by atoms with Crippen molar-refractivity contribution in [2.24, 2.45) is 52.3 Å². The zero-order valence-corrected chi connectivity index (χ0v) is 20.6. The summed E-state index contributed by atoms with van der Waals surface area (Å²) in [7, 11) is 0. The van der Waals surface area contributed by atoms with Crippen LogP contribution in [0.2, 0.25) is 0 Å². The monoisotopic (exact) mass is 398 g/mol. The molecule has 0 aromatic carbocycles. The second kappa shape index (κ2) is 8.35. The summed E-state index contributed by atoms with van der Waals surface area (Å²) in [6.07, 6.45) is 20.6. The minimum atomic E-state index is 0.547. The molecule has 3 fully saturated rings. The SMILES string of the molecule is CC(C)CCCCC1CCC2C3CC=C4CC(C(C)C)CCC4(C)C3CCC12C. The third-order valence-corrected chi connectivity index (χ3v) is 10.9. The fourth-order valence-electron chi connectivity index (χ4n) is 8.78. The van der Waals surface area contributed by atoms with Crippen molar-refractivity contribution in [1.82, 2.24) is 0 Å². The lowest BCUT2D eigenvalue weighted by molar-refractivity contribution is -0.0469. The lowest BCUT2D eigenvalue weighted by Gasteiger charge is -2.58. The quantitative estimate of drug-likeness (QED) is 0.309. The van der Waals surface area contributed by atoms with E-state index in [0.29, 0.717) is 10.8 Å². The Balaban J connectivity index is 1.45. The maximum Gasteiger partial charge on any atom is -0.00851 e. The van der Waals surface area contributed by atoms with Crippen molar-refractivity contribution in [2.45, 2.75) is 119 Å². The van der Waals surface area contributed by atoms with Gasteiger partial charge in [-0.3, -0.25) is 0 Å². The van der Waals surface area contributed by atoms with Gasteiger partial charge in [0, 0.05) is 0 Å². The Labute approximate surface area is 182 Å². The van der Waals surface area contributed by atoms with E-state index in [-0.39, 0.29) is 0 Å². The summed E-state index contributed by atoms with van der Waals surface area (Å²) < 4.78 is 0. The molecule has 0 aromatic heterocycles. The molecule has 7 atom stereocenters. The average molecular weight is 399 g/mol. The molecule has 0 radical (unpaired) electrons. The fourth-order valence-corrected chi connectivity index (χ4v) is 8.78. The Hall–Kier alpha value is -0.260. The van der Waals surface area contributed by atoms with Crippen molar-refractivity contribution in [3.05, 3.63) is 11.6 Å². The van der Waals surface area contributed by atoms with Crippen molar-refractivity contribution >= 4 is 0 Å². The number of rotatable bonds is 6. The fraction of sp³-hybridized carbons (Fsp3) is 0.931. The van der Waals surface area contributed by atoms with Gasteiger partial charge in [-0.25, -0.2) is 0 Å². The first-order chi connectivity index (χ1) is 13.8. The second-order valence-electron chi connectivity index (χ2n) is 13.0. The molecule has 0 nitrogen and oxygen atoms in total. The second-order valence-corrected chi connectivity index (χ2v) is 13.0. The molecule has 4 aliphatic rings. The first-order valence-corrected chi connectivity index (χ1v) is 13.4. The van der Waals surface area contributed by atoms with Gasteiger partial charge in [-0.1, -0.05) is 72.5 Å². The molecule has 4 aliphatic carbocycles. The molecule has 0 aromatic rings. The molecule has 7 unspecified atom stereocenters. The number of unbranched alkanes of at least 4 members (excludes halogenated alkanes) is 1. The maximum atomic E-state index is 2.78. The third-order valence-electron chi connectivity index (χ3n) is 10.9. The molecule has 0 heterocycles. The van der Waals surface area contributed by atoms with E-state index in [0.717, 1.165) is 41.4 Å². The molecule has 0 aliphatic heterocycles. The summed E-state index contributed by atoms with van der Waals surface area (Å²) in [6, 6.07) is 0. The van der Waals surface area contributed by atoms with Crippen LogP contribution in [0.1, 0.15) is 119 Å². The summed E-state index contributed by atoms with van der Waals surface area (Å²) in [6.45, 7) is 15.1. The minimum absolute atomic E-state index is 0.547. The lowest BCUT2D eigenvalue weighted by Crippen LogP contribution is -2.50. The van der Waals surface area contributed by atoms with Gasteiger partial charge < -0.3 is 0 Å². The molecule has 0 heteroatoms. The van der Waals surface area contributed by atoms with Crippen molar-refractivity contribution in [1.29, 1.82) is 0 Å². The maximum absolute atomic E-state index is 2.78. The van der Waals surface area contributed by atoms with Gasteiger partial charge in [-0.15, -0.1) is 0 Å². The summed E-state index contributed by atoms with van der Waals surface area (Å²) in [4.78, 5) is 0.